The second kappa shape index (κ2) is 3.84. The molecule has 0 aliphatic heterocycles. The average Bonchev–Trinajstić information content (AvgIpc) is 2.61. The summed E-state index contributed by atoms with van der Waals surface area (Å²) in [6, 6.07) is 10.1. The van der Waals surface area contributed by atoms with Crippen molar-refractivity contribution >= 4 is 11.6 Å². The van der Waals surface area contributed by atoms with Crippen LogP contribution in [-0.4, -0.2) is 9.55 Å². The molecule has 14 heavy (non-hydrogen) atoms. The van der Waals surface area contributed by atoms with Crippen molar-refractivity contribution < 1.29 is 0 Å². The predicted octanol–water partition coefficient (Wildman–Crippen LogP) is 3.22. The van der Waals surface area contributed by atoms with Crippen LogP contribution in [0.4, 0.5) is 0 Å². The molecular formula is C11H11ClN2. The number of benzene rings is 1. The van der Waals surface area contributed by atoms with Gasteiger partial charge in [0.1, 0.15) is 11.0 Å². The summed E-state index contributed by atoms with van der Waals surface area (Å²) >= 11 is 6.00. The molecule has 0 amide bonds. The van der Waals surface area contributed by atoms with E-state index in [0.717, 1.165) is 17.9 Å². The zero-order valence-corrected chi connectivity index (χ0v) is 8.70. The van der Waals surface area contributed by atoms with Gasteiger partial charge in [-0.2, -0.15) is 0 Å². The SMILES string of the molecule is CCn1c(Cl)cnc1-c1ccccc1. The highest BCUT2D eigenvalue weighted by atomic mass is 35.5. The van der Waals surface area contributed by atoms with E-state index < -0.39 is 0 Å². The predicted molar refractivity (Wildman–Crippen MR) is 58.3 cm³/mol. The number of nitrogens with zero attached hydrogens (tertiary/aromatic N) is 2. The molecule has 0 aliphatic rings. The standard InChI is InChI=1S/C11H11ClN2/c1-2-14-10(12)8-13-11(14)9-6-4-3-5-7-9/h3-8H,2H2,1H3. The van der Waals surface area contributed by atoms with Gasteiger partial charge in [0.05, 0.1) is 6.20 Å². The highest BCUT2D eigenvalue weighted by molar-refractivity contribution is 6.29. The average molecular weight is 207 g/mol. The van der Waals surface area contributed by atoms with Gasteiger partial charge < -0.3 is 4.57 Å². The second-order valence-corrected chi connectivity index (χ2v) is 3.40. The van der Waals surface area contributed by atoms with Gasteiger partial charge in [0.25, 0.3) is 0 Å². The highest BCUT2D eigenvalue weighted by Crippen LogP contribution is 2.21. The fraction of sp³-hybridized carbons (Fsp3) is 0.182. The summed E-state index contributed by atoms with van der Waals surface area (Å²) in [5.74, 6) is 0.929. The fourth-order valence-electron chi connectivity index (χ4n) is 1.47. The van der Waals surface area contributed by atoms with Crippen molar-refractivity contribution in [2.45, 2.75) is 13.5 Å². The van der Waals surface area contributed by atoms with E-state index in [1.54, 1.807) is 6.20 Å². The Bertz CT molecular complexity index is 420. The van der Waals surface area contributed by atoms with Gasteiger partial charge in [-0.1, -0.05) is 41.9 Å². The number of hydrogen-bond donors (Lipinski definition) is 0. The zero-order chi connectivity index (χ0) is 9.97. The third-order valence-corrected chi connectivity index (χ3v) is 2.46. The van der Waals surface area contributed by atoms with Gasteiger partial charge in [-0.3, -0.25) is 0 Å². The molecule has 0 N–H and O–H groups in total. The Morgan fingerprint density at radius 1 is 1.29 bits per heavy atom. The molecule has 1 aromatic carbocycles. The van der Waals surface area contributed by atoms with E-state index in [9.17, 15) is 0 Å². The second-order valence-electron chi connectivity index (χ2n) is 3.01. The molecule has 0 aliphatic carbocycles. The molecule has 0 atom stereocenters. The first-order valence-corrected chi connectivity index (χ1v) is 4.97. The molecule has 0 saturated carbocycles. The summed E-state index contributed by atoms with van der Waals surface area (Å²) in [4.78, 5) is 4.29. The molecule has 72 valence electrons. The molecule has 0 bridgehead atoms. The Morgan fingerprint density at radius 2 is 2.00 bits per heavy atom. The Balaban J connectivity index is 2.52. The lowest BCUT2D eigenvalue weighted by Crippen LogP contribution is -1.97. The topological polar surface area (TPSA) is 17.8 Å². The maximum absolute atomic E-state index is 6.00. The minimum Gasteiger partial charge on any atom is -0.315 e. The van der Waals surface area contributed by atoms with E-state index in [1.807, 2.05) is 34.9 Å². The molecule has 0 saturated heterocycles. The first-order chi connectivity index (χ1) is 6.83. The molecule has 2 nitrogen and oxygen atoms in total. The van der Waals surface area contributed by atoms with Crippen LogP contribution in [0.2, 0.25) is 5.15 Å². The molecule has 0 radical (unpaired) electrons. The van der Waals surface area contributed by atoms with Gasteiger partial charge in [-0.25, -0.2) is 4.98 Å². The van der Waals surface area contributed by atoms with Crippen LogP contribution in [0.3, 0.4) is 0 Å². The molecule has 0 spiro atoms. The van der Waals surface area contributed by atoms with Gasteiger partial charge in [-0.05, 0) is 6.92 Å². The summed E-state index contributed by atoms with van der Waals surface area (Å²) in [6.07, 6.45) is 1.69. The Morgan fingerprint density at radius 3 is 2.64 bits per heavy atom. The van der Waals surface area contributed by atoms with Crippen LogP contribution in [-0.2, 0) is 6.54 Å². The highest BCUT2D eigenvalue weighted by Gasteiger charge is 2.07. The van der Waals surface area contributed by atoms with Gasteiger partial charge in [0.15, 0.2) is 0 Å². The summed E-state index contributed by atoms with van der Waals surface area (Å²) in [6.45, 7) is 2.89. The maximum Gasteiger partial charge on any atom is 0.141 e. The van der Waals surface area contributed by atoms with Gasteiger partial charge in [0.2, 0.25) is 0 Å². The van der Waals surface area contributed by atoms with Crippen molar-refractivity contribution in [1.29, 1.82) is 0 Å². The van der Waals surface area contributed by atoms with E-state index in [4.69, 9.17) is 11.6 Å². The molecule has 0 fully saturated rings. The Kier molecular flexibility index (Phi) is 2.55. The van der Waals surface area contributed by atoms with Crippen molar-refractivity contribution in [2.75, 3.05) is 0 Å². The lowest BCUT2D eigenvalue weighted by molar-refractivity contribution is 0.771. The van der Waals surface area contributed by atoms with Crippen LogP contribution >= 0.6 is 11.6 Å². The van der Waals surface area contributed by atoms with Crippen LogP contribution in [0.1, 0.15) is 6.92 Å². The molecule has 1 aromatic heterocycles. The quantitative estimate of drug-likeness (QED) is 0.738. The van der Waals surface area contributed by atoms with Crippen LogP contribution in [0.5, 0.6) is 0 Å². The van der Waals surface area contributed by atoms with Crippen molar-refractivity contribution in [1.82, 2.24) is 9.55 Å². The van der Waals surface area contributed by atoms with E-state index in [0.29, 0.717) is 5.15 Å². The van der Waals surface area contributed by atoms with Crippen LogP contribution in [0.15, 0.2) is 36.5 Å². The van der Waals surface area contributed by atoms with Gasteiger partial charge in [-0.15, -0.1) is 0 Å². The van der Waals surface area contributed by atoms with Crippen molar-refractivity contribution in [2.24, 2.45) is 0 Å². The normalized spacial score (nSPS) is 10.4. The minimum absolute atomic E-state index is 0.686. The Labute approximate surface area is 88.2 Å². The van der Waals surface area contributed by atoms with Crippen LogP contribution in [0.25, 0.3) is 11.4 Å². The van der Waals surface area contributed by atoms with E-state index in [2.05, 4.69) is 11.9 Å². The van der Waals surface area contributed by atoms with Crippen LogP contribution in [0, 0.1) is 0 Å². The number of imidazole rings is 1. The smallest absolute Gasteiger partial charge is 0.141 e. The first kappa shape index (κ1) is 9.28. The molecule has 0 unspecified atom stereocenters. The lowest BCUT2D eigenvalue weighted by atomic mass is 10.2. The third kappa shape index (κ3) is 1.53. The third-order valence-electron chi connectivity index (χ3n) is 2.16. The molecular weight excluding hydrogens is 196 g/mol. The summed E-state index contributed by atoms with van der Waals surface area (Å²) in [7, 11) is 0. The van der Waals surface area contributed by atoms with Gasteiger partial charge >= 0.3 is 0 Å². The number of rotatable bonds is 2. The van der Waals surface area contributed by atoms with E-state index >= 15 is 0 Å². The summed E-state index contributed by atoms with van der Waals surface area (Å²) in [5.41, 5.74) is 1.10. The first-order valence-electron chi connectivity index (χ1n) is 4.59. The Hall–Kier alpha value is -1.28. The largest absolute Gasteiger partial charge is 0.315 e. The van der Waals surface area contributed by atoms with Crippen molar-refractivity contribution in [3.05, 3.63) is 41.7 Å². The minimum atomic E-state index is 0.686. The summed E-state index contributed by atoms with van der Waals surface area (Å²) in [5, 5.41) is 0.686. The van der Waals surface area contributed by atoms with Crippen molar-refractivity contribution in [3.63, 3.8) is 0 Å². The summed E-state index contributed by atoms with van der Waals surface area (Å²) < 4.78 is 1.98. The van der Waals surface area contributed by atoms with E-state index in [1.165, 1.54) is 0 Å². The zero-order valence-electron chi connectivity index (χ0n) is 7.94. The number of hydrogen-bond acceptors (Lipinski definition) is 1. The fourth-order valence-corrected chi connectivity index (χ4v) is 1.72. The van der Waals surface area contributed by atoms with Gasteiger partial charge in [0, 0.05) is 12.1 Å². The lowest BCUT2D eigenvalue weighted by Gasteiger charge is -2.05. The van der Waals surface area contributed by atoms with E-state index in [-0.39, 0.29) is 0 Å². The monoisotopic (exact) mass is 206 g/mol. The maximum atomic E-state index is 6.00. The van der Waals surface area contributed by atoms with Crippen molar-refractivity contribution in [3.8, 4) is 11.4 Å². The molecule has 3 heteroatoms. The molecule has 2 rings (SSSR count). The number of aromatic nitrogens is 2. The van der Waals surface area contributed by atoms with Crippen LogP contribution < -0.4 is 0 Å². The molecule has 2 aromatic rings. The number of halogens is 1. The molecule has 1 heterocycles.